The van der Waals surface area contributed by atoms with Crippen molar-refractivity contribution < 1.29 is 22.9 Å². The first-order chi connectivity index (χ1) is 19.0. The number of nitrogens with zero attached hydrogens (tertiary/aromatic N) is 3. The van der Waals surface area contributed by atoms with Gasteiger partial charge >= 0.3 is 0 Å². The summed E-state index contributed by atoms with van der Waals surface area (Å²) in [6, 6.07) is 20.0. The van der Waals surface area contributed by atoms with Crippen LogP contribution in [0.1, 0.15) is 24.5 Å². The van der Waals surface area contributed by atoms with Gasteiger partial charge in [0, 0.05) is 36.7 Å². The van der Waals surface area contributed by atoms with Crippen molar-refractivity contribution >= 4 is 44.8 Å². The van der Waals surface area contributed by atoms with Crippen LogP contribution >= 0.6 is 11.6 Å². The second kappa shape index (κ2) is 13.9. The molecular weight excluding hydrogens is 556 g/mol. The van der Waals surface area contributed by atoms with E-state index >= 15 is 0 Å². The zero-order valence-corrected chi connectivity index (χ0v) is 23.8. The second-order valence-electron chi connectivity index (χ2n) is 9.19. The first-order valence-corrected chi connectivity index (χ1v) is 14.8. The number of hydrogen-bond acceptors (Lipinski definition) is 6. The van der Waals surface area contributed by atoms with Gasteiger partial charge in [0.15, 0.2) is 0 Å². The number of rotatable bonds is 13. The predicted molar refractivity (Wildman–Crippen MR) is 155 cm³/mol. The molecule has 3 rings (SSSR count). The lowest BCUT2D eigenvalue weighted by Crippen LogP contribution is -2.53. The third-order valence-corrected chi connectivity index (χ3v) is 7.45. The molecule has 0 saturated heterocycles. The lowest BCUT2D eigenvalue weighted by molar-refractivity contribution is -0.384. The Bertz CT molecular complexity index is 1450. The number of hydrogen-bond donors (Lipinski definition) is 1. The first kappa shape index (κ1) is 30.6. The Labute approximate surface area is 238 Å². The van der Waals surface area contributed by atoms with Gasteiger partial charge in [-0.25, -0.2) is 8.42 Å². The molecule has 0 aliphatic carbocycles. The molecule has 10 nitrogen and oxygen atoms in total. The van der Waals surface area contributed by atoms with E-state index in [9.17, 15) is 28.1 Å². The van der Waals surface area contributed by atoms with E-state index in [2.05, 4.69) is 5.32 Å². The van der Waals surface area contributed by atoms with Crippen LogP contribution in [0.3, 0.4) is 0 Å². The molecule has 2 amide bonds. The van der Waals surface area contributed by atoms with Crippen molar-refractivity contribution in [3.05, 3.63) is 105 Å². The Hall–Kier alpha value is -3.96. The van der Waals surface area contributed by atoms with E-state index in [-0.39, 0.29) is 30.2 Å². The number of nitro benzene ring substituents is 1. The van der Waals surface area contributed by atoms with Gasteiger partial charge in [0.2, 0.25) is 21.8 Å². The lowest BCUT2D eigenvalue weighted by atomic mass is 10.0. The number of carbonyl (C=O) groups excluding carboxylic acids is 2. The standard InChI is InChI=1S/C28H31ClN4O6S/c1-3-15-30-28(35)26(17-21-9-5-4-6-10-21)31(19-22-11-7-12-23(29)16-22)27(34)20-32(40(2,38)39)24-13-8-14-25(18-24)33(36)37/h4-14,16,18,26H,3,15,17,19-20H2,1-2H3,(H,30,35)/t26-/m0/s1. The Morgan fingerprint density at radius 3 is 2.30 bits per heavy atom. The van der Waals surface area contributed by atoms with Gasteiger partial charge in [0.05, 0.1) is 16.9 Å². The maximum absolute atomic E-state index is 14.0. The van der Waals surface area contributed by atoms with Gasteiger partial charge in [-0.1, -0.05) is 67.1 Å². The van der Waals surface area contributed by atoms with Crippen LogP contribution < -0.4 is 9.62 Å². The molecular formula is C28H31ClN4O6S. The van der Waals surface area contributed by atoms with Gasteiger partial charge in [-0.2, -0.15) is 0 Å². The Balaban J connectivity index is 2.06. The summed E-state index contributed by atoms with van der Waals surface area (Å²) in [6.07, 6.45) is 1.77. The average molecular weight is 587 g/mol. The Kier molecular flexibility index (Phi) is 10.6. The summed E-state index contributed by atoms with van der Waals surface area (Å²) in [5.74, 6) is -1.05. The fourth-order valence-corrected chi connectivity index (χ4v) is 5.18. The molecule has 0 aromatic heterocycles. The van der Waals surface area contributed by atoms with E-state index in [1.54, 1.807) is 24.3 Å². The normalized spacial score (nSPS) is 11.9. The fraction of sp³-hybridized carbons (Fsp3) is 0.286. The summed E-state index contributed by atoms with van der Waals surface area (Å²) >= 11 is 6.19. The van der Waals surface area contributed by atoms with Crippen LogP contribution in [0.25, 0.3) is 0 Å². The number of benzene rings is 3. The van der Waals surface area contributed by atoms with E-state index in [0.29, 0.717) is 23.6 Å². The molecule has 40 heavy (non-hydrogen) atoms. The largest absolute Gasteiger partial charge is 0.354 e. The Morgan fingerprint density at radius 1 is 1.00 bits per heavy atom. The molecule has 0 bridgehead atoms. The van der Waals surface area contributed by atoms with Crippen LogP contribution in [-0.2, 0) is 32.6 Å². The summed E-state index contributed by atoms with van der Waals surface area (Å²) in [5, 5.41) is 14.6. The number of sulfonamides is 1. The van der Waals surface area contributed by atoms with Crippen LogP contribution in [0.5, 0.6) is 0 Å². The molecule has 0 aliphatic rings. The molecule has 0 radical (unpaired) electrons. The molecule has 1 atom stereocenters. The highest BCUT2D eigenvalue weighted by molar-refractivity contribution is 7.92. The quantitative estimate of drug-likeness (QED) is 0.236. The van der Waals surface area contributed by atoms with Crippen LogP contribution in [0.15, 0.2) is 78.9 Å². The number of anilines is 1. The minimum atomic E-state index is -4.05. The van der Waals surface area contributed by atoms with Crippen molar-refractivity contribution in [2.45, 2.75) is 32.4 Å². The van der Waals surface area contributed by atoms with Crippen molar-refractivity contribution in [2.75, 3.05) is 23.7 Å². The van der Waals surface area contributed by atoms with Crippen LogP contribution in [-0.4, -0.2) is 55.4 Å². The third kappa shape index (κ3) is 8.52. The summed E-state index contributed by atoms with van der Waals surface area (Å²) < 4.78 is 26.4. The van der Waals surface area contributed by atoms with E-state index < -0.39 is 33.4 Å². The summed E-state index contributed by atoms with van der Waals surface area (Å²) in [4.78, 5) is 39.4. The molecule has 0 spiro atoms. The minimum Gasteiger partial charge on any atom is -0.354 e. The first-order valence-electron chi connectivity index (χ1n) is 12.6. The van der Waals surface area contributed by atoms with Gasteiger partial charge in [-0.3, -0.25) is 24.0 Å². The Morgan fingerprint density at radius 2 is 1.68 bits per heavy atom. The molecule has 0 aliphatic heterocycles. The minimum absolute atomic E-state index is 0.0248. The van der Waals surface area contributed by atoms with Gasteiger partial charge in [0.1, 0.15) is 12.6 Å². The van der Waals surface area contributed by atoms with E-state index in [4.69, 9.17) is 11.6 Å². The monoisotopic (exact) mass is 586 g/mol. The van der Waals surface area contributed by atoms with Crippen molar-refractivity contribution in [3.63, 3.8) is 0 Å². The molecule has 0 heterocycles. The number of nitro groups is 1. The van der Waals surface area contributed by atoms with Gasteiger partial charge in [0.25, 0.3) is 5.69 Å². The molecule has 3 aromatic rings. The highest BCUT2D eigenvalue weighted by Crippen LogP contribution is 2.24. The third-order valence-electron chi connectivity index (χ3n) is 6.07. The van der Waals surface area contributed by atoms with Crippen molar-refractivity contribution in [1.29, 1.82) is 0 Å². The topological polar surface area (TPSA) is 130 Å². The number of halogens is 1. The maximum Gasteiger partial charge on any atom is 0.271 e. The highest BCUT2D eigenvalue weighted by atomic mass is 35.5. The van der Waals surface area contributed by atoms with E-state index in [0.717, 1.165) is 22.2 Å². The van der Waals surface area contributed by atoms with Gasteiger partial charge in [-0.15, -0.1) is 0 Å². The van der Waals surface area contributed by atoms with Crippen molar-refractivity contribution in [1.82, 2.24) is 10.2 Å². The smallest absolute Gasteiger partial charge is 0.271 e. The lowest BCUT2D eigenvalue weighted by Gasteiger charge is -2.33. The molecule has 3 aromatic carbocycles. The summed E-state index contributed by atoms with van der Waals surface area (Å²) in [7, 11) is -4.05. The zero-order chi connectivity index (χ0) is 29.3. The van der Waals surface area contributed by atoms with Crippen molar-refractivity contribution in [2.24, 2.45) is 0 Å². The molecule has 212 valence electrons. The molecule has 0 unspecified atom stereocenters. The van der Waals surface area contributed by atoms with Crippen LogP contribution in [0.4, 0.5) is 11.4 Å². The number of nitrogens with one attached hydrogen (secondary N) is 1. The number of carbonyl (C=O) groups is 2. The van der Waals surface area contributed by atoms with Crippen molar-refractivity contribution in [3.8, 4) is 0 Å². The van der Waals surface area contributed by atoms with E-state index in [1.807, 2.05) is 37.3 Å². The summed E-state index contributed by atoms with van der Waals surface area (Å²) in [6.45, 7) is 1.60. The molecule has 0 saturated carbocycles. The average Bonchev–Trinajstić information content (AvgIpc) is 2.92. The maximum atomic E-state index is 14.0. The SMILES string of the molecule is CCCNC(=O)[C@H](Cc1ccccc1)N(Cc1cccc(Cl)c1)C(=O)CN(c1cccc([N+](=O)[O-])c1)S(C)(=O)=O. The highest BCUT2D eigenvalue weighted by Gasteiger charge is 2.33. The molecule has 12 heteroatoms. The molecule has 0 fully saturated rings. The van der Waals surface area contributed by atoms with Gasteiger partial charge in [-0.05, 0) is 35.7 Å². The van der Waals surface area contributed by atoms with Crippen LogP contribution in [0, 0.1) is 10.1 Å². The zero-order valence-electron chi connectivity index (χ0n) is 22.2. The number of non-ortho nitro benzene ring substituents is 1. The van der Waals surface area contributed by atoms with Crippen LogP contribution in [0.2, 0.25) is 5.02 Å². The summed E-state index contributed by atoms with van der Waals surface area (Å²) in [5.41, 5.74) is 1.09. The van der Waals surface area contributed by atoms with Gasteiger partial charge < -0.3 is 10.2 Å². The predicted octanol–water partition coefficient (Wildman–Crippen LogP) is 4.18. The second-order valence-corrected chi connectivity index (χ2v) is 11.5. The molecule has 1 N–H and O–H groups in total. The van der Waals surface area contributed by atoms with E-state index in [1.165, 1.54) is 23.1 Å². The fourth-order valence-electron chi connectivity index (χ4n) is 4.13. The number of amides is 2.